The molecule has 1 N–H and O–H groups in total. The third kappa shape index (κ3) is 2.48. The Bertz CT molecular complexity index is 540. The minimum atomic E-state index is -0.530. The third-order valence-electron chi connectivity index (χ3n) is 5.35. The van der Waals surface area contributed by atoms with Gasteiger partial charge in [-0.3, -0.25) is 9.48 Å². The highest BCUT2D eigenvalue weighted by molar-refractivity contribution is 5.95. The van der Waals surface area contributed by atoms with Gasteiger partial charge in [0.05, 0.1) is 17.4 Å². The second-order valence-electron chi connectivity index (χ2n) is 6.51. The number of amides is 1. The van der Waals surface area contributed by atoms with Crippen molar-refractivity contribution in [1.29, 1.82) is 0 Å². The van der Waals surface area contributed by atoms with Crippen molar-refractivity contribution in [2.75, 3.05) is 13.1 Å². The van der Waals surface area contributed by atoms with E-state index in [1.54, 1.807) is 6.20 Å². The molecule has 21 heavy (non-hydrogen) atoms. The zero-order valence-corrected chi connectivity index (χ0v) is 13.0. The number of carbonyl (C=O) groups is 1. The molecule has 2 heterocycles. The molecule has 116 valence electrons. The topological polar surface area (TPSA) is 58.4 Å². The van der Waals surface area contributed by atoms with Crippen LogP contribution in [0.15, 0.2) is 6.20 Å². The van der Waals surface area contributed by atoms with Gasteiger partial charge in [-0.1, -0.05) is 12.8 Å². The average Bonchev–Trinajstić information content (AvgIpc) is 2.86. The quantitative estimate of drug-likeness (QED) is 0.906. The van der Waals surface area contributed by atoms with E-state index in [4.69, 9.17) is 0 Å². The van der Waals surface area contributed by atoms with Crippen molar-refractivity contribution < 1.29 is 9.90 Å². The van der Waals surface area contributed by atoms with E-state index >= 15 is 0 Å². The lowest BCUT2D eigenvalue weighted by atomic mass is 9.71. The number of carbonyl (C=O) groups excluding carboxylic acids is 1. The molecule has 5 heteroatoms. The van der Waals surface area contributed by atoms with Gasteiger partial charge in [0.1, 0.15) is 0 Å². The fourth-order valence-corrected chi connectivity index (χ4v) is 3.90. The summed E-state index contributed by atoms with van der Waals surface area (Å²) < 4.78 is 1.86. The Morgan fingerprint density at radius 3 is 3.00 bits per heavy atom. The molecule has 2 fully saturated rings. The van der Waals surface area contributed by atoms with E-state index in [0.29, 0.717) is 25.1 Å². The minimum Gasteiger partial charge on any atom is -0.389 e. The second-order valence-corrected chi connectivity index (χ2v) is 6.51. The largest absolute Gasteiger partial charge is 0.389 e. The monoisotopic (exact) mass is 291 g/mol. The van der Waals surface area contributed by atoms with Gasteiger partial charge >= 0.3 is 0 Å². The second kappa shape index (κ2) is 5.44. The van der Waals surface area contributed by atoms with E-state index in [2.05, 4.69) is 5.10 Å². The van der Waals surface area contributed by atoms with Crippen molar-refractivity contribution in [3.63, 3.8) is 0 Å². The summed E-state index contributed by atoms with van der Waals surface area (Å²) in [4.78, 5) is 14.6. The maximum atomic E-state index is 12.7. The lowest BCUT2D eigenvalue weighted by molar-refractivity contribution is -0.0886. The Balaban J connectivity index is 1.75. The van der Waals surface area contributed by atoms with Crippen LogP contribution in [0.4, 0.5) is 0 Å². The van der Waals surface area contributed by atoms with E-state index in [0.717, 1.165) is 31.5 Å². The molecule has 1 aromatic rings. The molecular weight excluding hydrogens is 266 g/mol. The Morgan fingerprint density at radius 2 is 2.29 bits per heavy atom. The van der Waals surface area contributed by atoms with Crippen LogP contribution in [0.25, 0.3) is 0 Å². The molecule has 3 rings (SSSR count). The zero-order valence-electron chi connectivity index (χ0n) is 13.0. The molecule has 0 aromatic carbocycles. The SMILES string of the molecule is CCn1ncc(C(=O)N2CC[C@@]3(O)CCCC[C@H]3C2)c1C. The molecule has 2 atom stereocenters. The molecule has 1 amide bonds. The van der Waals surface area contributed by atoms with Gasteiger partial charge in [-0.05, 0) is 33.1 Å². The van der Waals surface area contributed by atoms with E-state index in [1.165, 1.54) is 6.42 Å². The Hall–Kier alpha value is -1.36. The first-order valence-electron chi connectivity index (χ1n) is 8.09. The van der Waals surface area contributed by atoms with Crippen molar-refractivity contribution in [2.24, 2.45) is 5.92 Å². The van der Waals surface area contributed by atoms with Gasteiger partial charge < -0.3 is 10.0 Å². The molecular formula is C16H25N3O2. The first-order chi connectivity index (χ1) is 10.0. The summed E-state index contributed by atoms with van der Waals surface area (Å²) in [5, 5.41) is 15.0. The van der Waals surface area contributed by atoms with Crippen LogP contribution < -0.4 is 0 Å². The number of piperidine rings is 1. The highest BCUT2D eigenvalue weighted by Crippen LogP contribution is 2.40. The number of fused-ring (bicyclic) bond motifs is 1. The van der Waals surface area contributed by atoms with Crippen LogP contribution in [0, 0.1) is 12.8 Å². The molecule has 1 aromatic heterocycles. The fraction of sp³-hybridized carbons (Fsp3) is 0.750. The highest BCUT2D eigenvalue weighted by Gasteiger charge is 2.44. The number of likely N-dealkylation sites (tertiary alicyclic amines) is 1. The predicted molar refractivity (Wildman–Crippen MR) is 80.1 cm³/mol. The summed E-state index contributed by atoms with van der Waals surface area (Å²) in [5.74, 6) is 0.310. The smallest absolute Gasteiger partial charge is 0.257 e. The molecule has 1 saturated carbocycles. The summed E-state index contributed by atoms with van der Waals surface area (Å²) in [6.45, 7) is 6.10. The summed E-state index contributed by atoms with van der Waals surface area (Å²) in [6.07, 6.45) is 6.61. The first-order valence-corrected chi connectivity index (χ1v) is 8.09. The molecule has 0 spiro atoms. The highest BCUT2D eigenvalue weighted by atomic mass is 16.3. The summed E-state index contributed by atoms with van der Waals surface area (Å²) in [5.41, 5.74) is 1.11. The number of aliphatic hydroxyl groups is 1. The van der Waals surface area contributed by atoms with E-state index in [-0.39, 0.29) is 11.8 Å². The lowest BCUT2D eigenvalue weighted by Gasteiger charge is -2.47. The van der Waals surface area contributed by atoms with Crippen LogP contribution in [0.1, 0.15) is 55.1 Å². The molecule has 0 bridgehead atoms. The number of rotatable bonds is 2. The predicted octanol–water partition coefficient (Wildman–Crippen LogP) is 1.98. The van der Waals surface area contributed by atoms with Crippen molar-refractivity contribution in [3.05, 3.63) is 17.5 Å². The Morgan fingerprint density at radius 1 is 1.48 bits per heavy atom. The third-order valence-corrected chi connectivity index (χ3v) is 5.35. The standard InChI is InChI=1S/C16H25N3O2/c1-3-19-12(2)14(10-17-19)15(20)18-9-8-16(21)7-5-4-6-13(16)11-18/h10,13,21H,3-9,11H2,1-2H3/t13-,16-/m0/s1. The Kier molecular flexibility index (Phi) is 3.78. The minimum absolute atomic E-state index is 0.0693. The average molecular weight is 291 g/mol. The van der Waals surface area contributed by atoms with Gasteiger partial charge in [0.25, 0.3) is 5.91 Å². The van der Waals surface area contributed by atoms with Crippen molar-refractivity contribution in [3.8, 4) is 0 Å². The van der Waals surface area contributed by atoms with Crippen molar-refractivity contribution in [1.82, 2.24) is 14.7 Å². The van der Waals surface area contributed by atoms with Crippen LogP contribution >= 0.6 is 0 Å². The van der Waals surface area contributed by atoms with Crippen molar-refractivity contribution >= 4 is 5.91 Å². The molecule has 2 aliphatic rings. The maximum absolute atomic E-state index is 12.7. The molecule has 0 radical (unpaired) electrons. The number of nitrogens with zero attached hydrogens (tertiary/aromatic N) is 3. The molecule has 1 aliphatic carbocycles. The molecule has 1 saturated heterocycles. The number of aromatic nitrogens is 2. The van der Waals surface area contributed by atoms with Gasteiger partial charge in [0, 0.05) is 31.2 Å². The van der Waals surface area contributed by atoms with Crippen LogP contribution in [0.5, 0.6) is 0 Å². The van der Waals surface area contributed by atoms with Crippen LogP contribution in [0.3, 0.4) is 0 Å². The van der Waals surface area contributed by atoms with Gasteiger partial charge in [0.2, 0.25) is 0 Å². The molecule has 1 aliphatic heterocycles. The number of hydrogen-bond donors (Lipinski definition) is 1. The fourth-order valence-electron chi connectivity index (χ4n) is 3.90. The number of hydrogen-bond acceptors (Lipinski definition) is 3. The Labute approximate surface area is 125 Å². The summed E-state index contributed by atoms with van der Waals surface area (Å²) in [7, 11) is 0. The van der Waals surface area contributed by atoms with Crippen LogP contribution in [0.2, 0.25) is 0 Å². The van der Waals surface area contributed by atoms with Crippen LogP contribution in [-0.2, 0) is 6.54 Å². The zero-order chi connectivity index (χ0) is 15.0. The molecule has 0 unspecified atom stereocenters. The van der Waals surface area contributed by atoms with Gasteiger partial charge in [-0.15, -0.1) is 0 Å². The number of aryl methyl sites for hydroxylation is 1. The van der Waals surface area contributed by atoms with Crippen molar-refractivity contribution in [2.45, 2.75) is 58.1 Å². The summed E-state index contributed by atoms with van der Waals surface area (Å²) >= 11 is 0. The van der Waals surface area contributed by atoms with E-state index in [9.17, 15) is 9.90 Å². The normalized spacial score (nSPS) is 29.3. The lowest BCUT2D eigenvalue weighted by Crippen LogP contribution is -2.54. The molecule has 5 nitrogen and oxygen atoms in total. The maximum Gasteiger partial charge on any atom is 0.257 e. The van der Waals surface area contributed by atoms with E-state index in [1.807, 2.05) is 23.4 Å². The van der Waals surface area contributed by atoms with E-state index < -0.39 is 5.60 Å². The van der Waals surface area contributed by atoms with Gasteiger partial charge in [-0.25, -0.2) is 0 Å². The summed E-state index contributed by atoms with van der Waals surface area (Å²) in [6, 6.07) is 0. The van der Waals surface area contributed by atoms with Gasteiger partial charge in [0.15, 0.2) is 0 Å². The first kappa shape index (κ1) is 14.6. The van der Waals surface area contributed by atoms with Gasteiger partial charge in [-0.2, -0.15) is 5.10 Å². The van der Waals surface area contributed by atoms with Crippen LogP contribution in [-0.4, -0.2) is 44.4 Å².